The van der Waals surface area contributed by atoms with E-state index in [9.17, 15) is 9.59 Å². The van der Waals surface area contributed by atoms with Gasteiger partial charge in [0.2, 0.25) is 0 Å². The maximum absolute atomic E-state index is 11.9. The SMILES string of the molecule is Cc1cc(I)ccc1Nc1c(C=C=O)cc(Cl)cc1C(=O)NO. The van der Waals surface area contributed by atoms with Crippen LogP contribution in [0, 0.1) is 10.5 Å². The van der Waals surface area contributed by atoms with Gasteiger partial charge in [0, 0.05) is 25.9 Å². The van der Waals surface area contributed by atoms with E-state index in [0.29, 0.717) is 11.3 Å². The van der Waals surface area contributed by atoms with E-state index >= 15 is 0 Å². The van der Waals surface area contributed by atoms with Crippen molar-refractivity contribution in [2.75, 3.05) is 5.32 Å². The zero-order chi connectivity index (χ0) is 17.0. The number of amides is 1. The van der Waals surface area contributed by atoms with E-state index in [-0.39, 0.29) is 10.6 Å². The molecule has 0 heterocycles. The summed E-state index contributed by atoms with van der Waals surface area (Å²) in [5, 5.41) is 12.3. The summed E-state index contributed by atoms with van der Waals surface area (Å²) >= 11 is 8.17. The van der Waals surface area contributed by atoms with E-state index < -0.39 is 5.91 Å². The first kappa shape index (κ1) is 17.5. The highest BCUT2D eigenvalue weighted by Crippen LogP contribution is 2.31. The molecule has 0 aliphatic carbocycles. The molecule has 7 heteroatoms. The Kier molecular flexibility index (Phi) is 5.79. The highest BCUT2D eigenvalue weighted by Gasteiger charge is 2.16. The summed E-state index contributed by atoms with van der Waals surface area (Å²) < 4.78 is 1.07. The number of carbonyl (C=O) groups excluding carboxylic acids is 2. The predicted molar refractivity (Wildman–Crippen MR) is 98.0 cm³/mol. The summed E-state index contributed by atoms with van der Waals surface area (Å²) in [6, 6.07) is 8.68. The van der Waals surface area contributed by atoms with Gasteiger partial charge in [0.25, 0.3) is 5.91 Å². The second-order valence-corrected chi connectivity index (χ2v) is 6.39. The van der Waals surface area contributed by atoms with E-state index in [2.05, 4.69) is 27.9 Å². The number of benzene rings is 2. The van der Waals surface area contributed by atoms with Crippen LogP contribution in [0.2, 0.25) is 5.02 Å². The van der Waals surface area contributed by atoms with Crippen molar-refractivity contribution >= 4 is 63.5 Å². The van der Waals surface area contributed by atoms with Gasteiger partial charge in [0.05, 0.1) is 11.3 Å². The molecule has 2 aromatic rings. The van der Waals surface area contributed by atoms with Gasteiger partial charge in [-0.3, -0.25) is 10.0 Å². The lowest BCUT2D eigenvalue weighted by molar-refractivity contribution is 0.0707. The number of carbonyl (C=O) groups is 1. The molecule has 0 aliphatic heterocycles. The van der Waals surface area contributed by atoms with Gasteiger partial charge < -0.3 is 5.32 Å². The zero-order valence-electron chi connectivity index (χ0n) is 12.0. The number of nitrogens with one attached hydrogen (secondary N) is 2. The fourth-order valence-electron chi connectivity index (χ4n) is 2.09. The molecule has 0 aromatic heterocycles. The summed E-state index contributed by atoms with van der Waals surface area (Å²) in [6.45, 7) is 1.92. The fourth-order valence-corrected chi connectivity index (χ4v) is 2.96. The number of anilines is 2. The molecule has 0 saturated carbocycles. The third kappa shape index (κ3) is 4.11. The van der Waals surface area contributed by atoms with Gasteiger partial charge in [0.15, 0.2) is 0 Å². The third-order valence-corrected chi connectivity index (χ3v) is 4.03. The van der Waals surface area contributed by atoms with Crippen LogP contribution in [0.25, 0.3) is 6.08 Å². The maximum atomic E-state index is 11.9. The van der Waals surface area contributed by atoms with Crippen LogP contribution in [-0.4, -0.2) is 17.1 Å². The van der Waals surface area contributed by atoms with Gasteiger partial charge in [0.1, 0.15) is 5.94 Å². The first-order chi connectivity index (χ1) is 11.0. The van der Waals surface area contributed by atoms with Gasteiger partial charge >= 0.3 is 0 Å². The highest BCUT2D eigenvalue weighted by atomic mass is 127. The van der Waals surface area contributed by atoms with Crippen LogP contribution < -0.4 is 10.8 Å². The Bertz CT molecular complexity index is 817. The van der Waals surface area contributed by atoms with E-state index in [1.54, 1.807) is 11.4 Å². The molecule has 118 valence electrons. The van der Waals surface area contributed by atoms with Crippen LogP contribution in [0.15, 0.2) is 30.3 Å². The van der Waals surface area contributed by atoms with Crippen molar-refractivity contribution in [1.82, 2.24) is 5.48 Å². The van der Waals surface area contributed by atoms with Crippen LogP contribution in [0.5, 0.6) is 0 Å². The number of aryl methyl sites for hydroxylation is 1. The zero-order valence-corrected chi connectivity index (χ0v) is 14.9. The summed E-state index contributed by atoms with van der Waals surface area (Å²) in [5.41, 5.74) is 4.16. The van der Waals surface area contributed by atoms with Crippen molar-refractivity contribution in [3.05, 3.63) is 55.6 Å². The molecule has 23 heavy (non-hydrogen) atoms. The Hall–Kier alpha value is -1.86. The quantitative estimate of drug-likeness (QED) is 0.290. The fraction of sp³-hybridized carbons (Fsp3) is 0.0625. The highest BCUT2D eigenvalue weighted by molar-refractivity contribution is 14.1. The number of hydrogen-bond acceptors (Lipinski definition) is 4. The van der Waals surface area contributed by atoms with Crippen LogP contribution in [0.4, 0.5) is 11.4 Å². The van der Waals surface area contributed by atoms with Crippen molar-refractivity contribution in [1.29, 1.82) is 0 Å². The Morgan fingerprint density at radius 3 is 2.70 bits per heavy atom. The molecule has 0 unspecified atom stereocenters. The van der Waals surface area contributed by atoms with E-state index in [4.69, 9.17) is 16.8 Å². The molecule has 3 N–H and O–H groups in total. The van der Waals surface area contributed by atoms with Crippen molar-refractivity contribution in [2.45, 2.75) is 6.92 Å². The number of hydrogen-bond donors (Lipinski definition) is 3. The maximum Gasteiger partial charge on any atom is 0.276 e. The van der Waals surface area contributed by atoms with E-state index in [1.165, 1.54) is 18.2 Å². The minimum atomic E-state index is -0.737. The van der Waals surface area contributed by atoms with Crippen molar-refractivity contribution in [3.63, 3.8) is 0 Å². The Morgan fingerprint density at radius 2 is 2.09 bits per heavy atom. The summed E-state index contributed by atoms with van der Waals surface area (Å²) in [4.78, 5) is 22.6. The molecular formula is C16H12ClIN2O3. The first-order valence-corrected chi connectivity index (χ1v) is 7.94. The minimum Gasteiger partial charge on any atom is -0.354 e. The third-order valence-electron chi connectivity index (χ3n) is 3.14. The first-order valence-electron chi connectivity index (χ1n) is 6.48. The van der Waals surface area contributed by atoms with Gasteiger partial charge in [-0.15, -0.1) is 0 Å². The molecule has 0 saturated heterocycles. The molecule has 1 amide bonds. The average molecular weight is 443 g/mol. The average Bonchev–Trinajstić information content (AvgIpc) is 2.51. The molecule has 2 aromatic carbocycles. The van der Waals surface area contributed by atoms with Gasteiger partial charge in [-0.05, 0) is 65.4 Å². The van der Waals surface area contributed by atoms with Crippen LogP contribution in [0.3, 0.4) is 0 Å². The lowest BCUT2D eigenvalue weighted by Crippen LogP contribution is -2.20. The Morgan fingerprint density at radius 1 is 1.35 bits per heavy atom. The van der Waals surface area contributed by atoms with Crippen LogP contribution >= 0.6 is 34.2 Å². The normalized spacial score (nSPS) is 9.91. The van der Waals surface area contributed by atoms with Crippen LogP contribution in [-0.2, 0) is 4.79 Å². The minimum absolute atomic E-state index is 0.111. The lowest BCUT2D eigenvalue weighted by Gasteiger charge is -2.16. The molecule has 0 spiro atoms. The summed E-state index contributed by atoms with van der Waals surface area (Å²) in [5.74, 6) is 0.939. The molecule has 0 bridgehead atoms. The van der Waals surface area contributed by atoms with Crippen LogP contribution in [0.1, 0.15) is 21.5 Å². The largest absolute Gasteiger partial charge is 0.354 e. The second-order valence-electron chi connectivity index (χ2n) is 4.70. The molecule has 0 atom stereocenters. The van der Waals surface area contributed by atoms with Crippen molar-refractivity contribution in [2.24, 2.45) is 0 Å². The number of rotatable bonds is 4. The predicted octanol–water partition coefficient (Wildman–Crippen LogP) is 3.96. The molecule has 0 aliphatic rings. The monoisotopic (exact) mass is 442 g/mol. The smallest absolute Gasteiger partial charge is 0.276 e. The number of hydroxylamine groups is 1. The Labute approximate surface area is 151 Å². The molecular weight excluding hydrogens is 431 g/mol. The molecule has 5 nitrogen and oxygen atoms in total. The topological polar surface area (TPSA) is 78.4 Å². The lowest BCUT2D eigenvalue weighted by atomic mass is 10.0. The molecule has 2 rings (SSSR count). The van der Waals surface area contributed by atoms with E-state index in [0.717, 1.165) is 14.8 Å². The standard InChI is InChI=1S/C16H12ClIN2O3/c1-9-6-12(18)2-3-14(9)19-15-10(4-5-21)7-11(17)8-13(15)16(22)20-23/h2-4,6-8,19,23H,1H3,(H,20,22). The van der Waals surface area contributed by atoms with Crippen molar-refractivity contribution < 1.29 is 14.8 Å². The van der Waals surface area contributed by atoms with Gasteiger partial charge in [-0.1, -0.05) is 11.6 Å². The Balaban J connectivity index is 2.62. The molecule has 0 radical (unpaired) electrons. The number of halogens is 2. The van der Waals surface area contributed by atoms with Gasteiger partial charge in [-0.25, -0.2) is 10.3 Å². The summed E-state index contributed by atoms with van der Waals surface area (Å²) in [7, 11) is 0. The summed E-state index contributed by atoms with van der Waals surface area (Å²) in [6.07, 6.45) is 1.17. The second kappa shape index (κ2) is 7.61. The van der Waals surface area contributed by atoms with E-state index in [1.807, 2.05) is 25.1 Å². The molecule has 0 fully saturated rings. The van der Waals surface area contributed by atoms with Crippen molar-refractivity contribution in [3.8, 4) is 0 Å². The van der Waals surface area contributed by atoms with Gasteiger partial charge in [-0.2, -0.15) is 0 Å².